The molecule has 0 amide bonds. The first-order chi connectivity index (χ1) is 8.16. The SMILES string of the molecule is O=S(=O)(CC1CCCCN1)NC1CCCNC1. The summed E-state index contributed by atoms with van der Waals surface area (Å²) in [5.41, 5.74) is 0. The largest absolute Gasteiger partial charge is 0.315 e. The van der Waals surface area contributed by atoms with Crippen LogP contribution < -0.4 is 15.4 Å². The fourth-order valence-electron chi connectivity index (χ4n) is 2.59. The van der Waals surface area contributed by atoms with Crippen LogP contribution >= 0.6 is 0 Å². The van der Waals surface area contributed by atoms with Crippen LogP contribution in [0.15, 0.2) is 0 Å². The van der Waals surface area contributed by atoms with E-state index in [2.05, 4.69) is 15.4 Å². The minimum absolute atomic E-state index is 0.0809. The lowest BCUT2D eigenvalue weighted by atomic mass is 10.1. The van der Waals surface area contributed by atoms with Crippen molar-refractivity contribution in [1.29, 1.82) is 0 Å². The van der Waals surface area contributed by atoms with Crippen LogP contribution in [0.1, 0.15) is 32.1 Å². The van der Waals surface area contributed by atoms with Gasteiger partial charge in [-0.25, -0.2) is 13.1 Å². The lowest BCUT2D eigenvalue weighted by Crippen LogP contribution is -2.49. The second-order valence-corrected chi connectivity index (χ2v) is 6.89. The summed E-state index contributed by atoms with van der Waals surface area (Å²) < 4.78 is 26.8. The maximum Gasteiger partial charge on any atom is 0.213 e. The van der Waals surface area contributed by atoms with Gasteiger partial charge in [-0.1, -0.05) is 6.42 Å². The summed E-state index contributed by atoms with van der Waals surface area (Å²) >= 11 is 0. The minimum atomic E-state index is -3.13. The Labute approximate surface area is 104 Å². The van der Waals surface area contributed by atoms with E-state index in [9.17, 15) is 8.42 Å². The van der Waals surface area contributed by atoms with Gasteiger partial charge in [-0.15, -0.1) is 0 Å². The highest BCUT2D eigenvalue weighted by atomic mass is 32.2. The van der Waals surface area contributed by atoms with Gasteiger partial charge in [-0.3, -0.25) is 0 Å². The maximum absolute atomic E-state index is 12.0. The van der Waals surface area contributed by atoms with E-state index in [1.54, 1.807) is 0 Å². The van der Waals surface area contributed by atoms with Crippen LogP contribution in [0.2, 0.25) is 0 Å². The number of hydrogen-bond acceptors (Lipinski definition) is 4. The van der Waals surface area contributed by atoms with E-state index < -0.39 is 10.0 Å². The summed E-state index contributed by atoms with van der Waals surface area (Å²) in [6.45, 7) is 2.71. The summed E-state index contributed by atoms with van der Waals surface area (Å²) in [4.78, 5) is 0. The molecule has 100 valence electrons. The van der Waals surface area contributed by atoms with Gasteiger partial charge in [0, 0.05) is 18.6 Å². The zero-order chi connectivity index (χ0) is 12.1. The molecule has 0 spiro atoms. The van der Waals surface area contributed by atoms with Crippen LogP contribution in [0.4, 0.5) is 0 Å². The molecule has 2 aliphatic heterocycles. The fraction of sp³-hybridized carbons (Fsp3) is 1.00. The number of nitrogens with one attached hydrogen (secondary N) is 3. The highest BCUT2D eigenvalue weighted by molar-refractivity contribution is 7.89. The maximum atomic E-state index is 12.0. The predicted octanol–water partition coefficient (Wildman–Crippen LogP) is -0.200. The molecule has 0 bridgehead atoms. The molecule has 0 aliphatic carbocycles. The van der Waals surface area contributed by atoms with E-state index in [1.807, 2.05) is 0 Å². The Bertz CT molecular complexity index is 294. The van der Waals surface area contributed by atoms with Gasteiger partial charge in [-0.05, 0) is 38.8 Å². The predicted molar refractivity (Wildman–Crippen MR) is 68.5 cm³/mol. The minimum Gasteiger partial charge on any atom is -0.315 e. The van der Waals surface area contributed by atoms with Crippen molar-refractivity contribution in [2.45, 2.75) is 44.2 Å². The molecule has 2 rings (SSSR count). The Morgan fingerprint density at radius 3 is 2.65 bits per heavy atom. The monoisotopic (exact) mass is 261 g/mol. The Morgan fingerprint density at radius 2 is 2.00 bits per heavy atom. The second-order valence-electron chi connectivity index (χ2n) is 5.09. The molecule has 17 heavy (non-hydrogen) atoms. The van der Waals surface area contributed by atoms with Gasteiger partial charge in [-0.2, -0.15) is 0 Å². The van der Waals surface area contributed by atoms with Gasteiger partial charge in [0.2, 0.25) is 10.0 Å². The first-order valence-electron chi connectivity index (χ1n) is 6.60. The van der Waals surface area contributed by atoms with Gasteiger partial charge in [0.25, 0.3) is 0 Å². The molecule has 0 radical (unpaired) electrons. The molecule has 0 aromatic heterocycles. The number of hydrogen-bond donors (Lipinski definition) is 3. The average Bonchev–Trinajstić information content (AvgIpc) is 2.30. The summed E-state index contributed by atoms with van der Waals surface area (Å²) in [6, 6.07) is 0.218. The molecule has 2 saturated heterocycles. The topological polar surface area (TPSA) is 70.2 Å². The summed E-state index contributed by atoms with van der Waals surface area (Å²) in [5.74, 6) is 0.226. The molecule has 2 atom stereocenters. The normalized spacial score (nSPS) is 31.3. The van der Waals surface area contributed by atoms with Crippen molar-refractivity contribution in [2.75, 3.05) is 25.4 Å². The van der Waals surface area contributed by atoms with Crippen molar-refractivity contribution in [1.82, 2.24) is 15.4 Å². The van der Waals surface area contributed by atoms with Crippen LogP contribution in [0.5, 0.6) is 0 Å². The first-order valence-corrected chi connectivity index (χ1v) is 8.25. The summed E-state index contributed by atoms with van der Waals surface area (Å²) in [7, 11) is -3.13. The lowest BCUT2D eigenvalue weighted by Gasteiger charge is -2.27. The van der Waals surface area contributed by atoms with E-state index >= 15 is 0 Å². The zero-order valence-corrected chi connectivity index (χ0v) is 11.1. The Hall–Kier alpha value is -0.170. The Morgan fingerprint density at radius 1 is 1.12 bits per heavy atom. The molecule has 0 aromatic carbocycles. The highest BCUT2D eigenvalue weighted by Gasteiger charge is 2.24. The average molecular weight is 261 g/mol. The van der Waals surface area contributed by atoms with E-state index in [1.165, 1.54) is 0 Å². The van der Waals surface area contributed by atoms with E-state index in [4.69, 9.17) is 0 Å². The van der Waals surface area contributed by atoms with Gasteiger partial charge in [0.15, 0.2) is 0 Å². The number of piperidine rings is 2. The lowest BCUT2D eigenvalue weighted by molar-refractivity contribution is 0.410. The summed E-state index contributed by atoms with van der Waals surface area (Å²) in [6.07, 6.45) is 5.28. The van der Waals surface area contributed by atoms with E-state index in [0.717, 1.165) is 51.7 Å². The standard InChI is InChI=1S/C11H23N3O2S/c15-17(16,9-11-4-1-2-7-13-11)14-10-5-3-6-12-8-10/h10-14H,1-9H2. The molecule has 2 aliphatic rings. The van der Waals surface area contributed by atoms with Gasteiger partial charge < -0.3 is 10.6 Å². The molecular weight excluding hydrogens is 238 g/mol. The Kier molecular flexibility index (Phi) is 4.78. The van der Waals surface area contributed by atoms with E-state index in [-0.39, 0.29) is 17.8 Å². The third kappa shape index (κ3) is 4.54. The van der Waals surface area contributed by atoms with Crippen LogP contribution in [-0.2, 0) is 10.0 Å². The van der Waals surface area contributed by atoms with Crippen LogP contribution in [0.3, 0.4) is 0 Å². The zero-order valence-electron chi connectivity index (χ0n) is 10.2. The number of rotatable bonds is 4. The quantitative estimate of drug-likeness (QED) is 0.655. The molecule has 6 heteroatoms. The molecule has 0 saturated carbocycles. The van der Waals surface area contributed by atoms with E-state index in [0.29, 0.717) is 0 Å². The molecule has 3 N–H and O–H groups in total. The molecule has 5 nitrogen and oxygen atoms in total. The van der Waals surface area contributed by atoms with Crippen molar-refractivity contribution in [3.63, 3.8) is 0 Å². The van der Waals surface area contributed by atoms with Crippen molar-refractivity contribution in [3.05, 3.63) is 0 Å². The third-order valence-corrected chi connectivity index (χ3v) is 5.01. The van der Waals surface area contributed by atoms with Crippen molar-refractivity contribution in [2.24, 2.45) is 0 Å². The smallest absolute Gasteiger partial charge is 0.213 e. The van der Waals surface area contributed by atoms with Gasteiger partial charge >= 0.3 is 0 Å². The van der Waals surface area contributed by atoms with Gasteiger partial charge in [0.05, 0.1) is 5.75 Å². The van der Waals surface area contributed by atoms with Crippen molar-refractivity contribution in [3.8, 4) is 0 Å². The number of sulfonamides is 1. The molecule has 2 unspecified atom stereocenters. The van der Waals surface area contributed by atoms with Crippen molar-refractivity contribution < 1.29 is 8.42 Å². The molecule has 2 fully saturated rings. The van der Waals surface area contributed by atoms with Crippen LogP contribution in [-0.4, -0.2) is 45.9 Å². The van der Waals surface area contributed by atoms with Crippen LogP contribution in [0.25, 0.3) is 0 Å². The molecule has 2 heterocycles. The van der Waals surface area contributed by atoms with Crippen molar-refractivity contribution >= 4 is 10.0 Å². The highest BCUT2D eigenvalue weighted by Crippen LogP contribution is 2.10. The molecule has 0 aromatic rings. The second kappa shape index (κ2) is 6.13. The fourth-order valence-corrected chi connectivity index (χ4v) is 4.21. The first kappa shape index (κ1) is 13.3. The third-order valence-electron chi connectivity index (χ3n) is 3.48. The van der Waals surface area contributed by atoms with Gasteiger partial charge in [0.1, 0.15) is 0 Å². The Balaban J connectivity index is 1.80. The van der Waals surface area contributed by atoms with Crippen LogP contribution in [0, 0.1) is 0 Å². The molecular formula is C11H23N3O2S. The summed E-state index contributed by atoms with van der Waals surface area (Å²) in [5, 5.41) is 6.50.